The fourth-order valence-electron chi connectivity index (χ4n) is 3.14. The molecule has 0 spiro atoms. The fourth-order valence-corrected chi connectivity index (χ4v) is 4.10. The smallest absolute Gasteiger partial charge is 0.344 e. The Morgan fingerprint density at radius 1 is 1.19 bits per heavy atom. The first-order valence-corrected chi connectivity index (χ1v) is 8.77. The normalized spacial score (nSPS) is 33.4. The first kappa shape index (κ1) is 20.5. The van der Waals surface area contributed by atoms with Gasteiger partial charge in [-0.15, -0.1) is 0 Å². The van der Waals surface area contributed by atoms with Gasteiger partial charge in [0.25, 0.3) is 0 Å². The van der Waals surface area contributed by atoms with Gasteiger partial charge in [-0.2, -0.15) is 0 Å². The monoisotopic (exact) mass is 392 g/mol. The van der Waals surface area contributed by atoms with Crippen molar-refractivity contribution < 1.29 is 46.8 Å². The van der Waals surface area contributed by atoms with E-state index in [1.807, 2.05) is 0 Å². The second-order valence-corrected chi connectivity index (χ2v) is 6.96. The van der Waals surface area contributed by atoms with Crippen molar-refractivity contribution in [3.8, 4) is 0 Å². The Labute approximate surface area is 152 Å². The molecule has 1 N–H and O–H groups in total. The van der Waals surface area contributed by atoms with E-state index in [1.54, 1.807) is 0 Å². The Bertz CT molecular complexity index is 632. The zero-order chi connectivity index (χ0) is 19.6. The Kier molecular flexibility index (Phi) is 6.50. The fraction of sp³-hybridized carbons (Fsp3) is 0.667. The van der Waals surface area contributed by atoms with Gasteiger partial charge in [0.1, 0.15) is 29.5 Å². The lowest BCUT2D eigenvalue weighted by Gasteiger charge is -2.33. The molecule has 10 nitrogen and oxygen atoms in total. The maximum Gasteiger partial charge on any atom is 0.344 e. The highest BCUT2D eigenvalue weighted by atomic mass is 32.2. The quantitative estimate of drug-likeness (QED) is 0.254. The molecule has 0 aromatic carbocycles. The summed E-state index contributed by atoms with van der Waals surface area (Å²) in [6.07, 6.45) is -3.83. The first-order valence-electron chi connectivity index (χ1n) is 7.60. The maximum absolute atomic E-state index is 12.0. The predicted molar refractivity (Wildman–Crippen MR) is 85.2 cm³/mol. The van der Waals surface area contributed by atoms with Gasteiger partial charge < -0.3 is 28.2 Å². The molecule has 0 aromatic heterocycles. The lowest BCUT2D eigenvalue weighted by molar-refractivity contribution is -0.170. The van der Waals surface area contributed by atoms with E-state index in [-0.39, 0.29) is 5.57 Å². The average molecular weight is 392 g/mol. The summed E-state index contributed by atoms with van der Waals surface area (Å²) in [5, 5.41) is -1.08. The zero-order valence-corrected chi connectivity index (χ0v) is 15.2. The van der Waals surface area contributed by atoms with Crippen molar-refractivity contribution in [2.45, 2.75) is 36.6 Å². The van der Waals surface area contributed by atoms with Crippen molar-refractivity contribution in [1.29, 1.82) is 0 Å². The summed E-state index contributed by atoms with van der Waals surface area (Å²) in [7, 11) is 2.46. The van der Waals surface area contributed by atoms with Crippen LogP contribution in [0.25, 0.3) is 0 Å². The minimum absolute atomic E-state index is 0.120. The van der Waals surface area contributed by atoms with Gasteiger partial charge in [0.2, 0.25) is 0 Å². The van der Waals surface area contributed by atoms with Crippen molar-refractivity contribution in [2.75, 3.05) is 20.8 Å². The molecule has 146 valence electrons. The van der Waals surface area contributed by atoms with Crippen LogP contribution >= 0.6 is 0 Å². The molecule has 0 aromatic rings. The third-order valence-corrected chi connectivity index (χ3v) is 5.26. The van der Waals surface area contributed by atoms with Gasteiger partial charge in [0, 0.05) is 12.7 Å². The molecule has 26 heavy (non-hydrogen) atoms. The highest BCUT2D eigenvalue weighted by Gasteiger charge is 2.66. The number of ether oxygens (including phenoxy) is 5. The second-order valence-electron chi connectivity index (χ2n) is 5.87. The van der Waals surface area contributed by atoms with Gasteiger partial charge in [-0.25, -0.2) is 13.8 Å². The van der Waals surface area contributed by atoms with Gasteiger partial charge in [-0.3, -0.25) is 4.79 Å². The van der Waals surface area contributed by atoms with Crippen LogP contribution in [0.4, 0.5) is 0 Å². The number of fused-ring (bicyclic) bond motifs is 2. The molecule has 2 aliphatic rings. The number of hydrogen-bond donors (Lipinski definition) is 1. The van der Waals surface area contributed by atoms with Crippen molar-refractivity contribution >= 4 is 29.0 Å². The van der Waals surface area contributed by atoms with Crippen molar-refractivity contribution in [3.05, 3.63) is 12.2 Å². The van der Waals surface area contributed by atoms with Crippen LogP contribution in [0.1, 0.15) is 6.92 Å². The zero-order valence-electron chi connectivity index (χ0n) is 14.4. The van der Waals surface area contributed by atoms with Crippen LogP contribution in [0.3, 0.4) is 0 Å². The Morgan fingerprint density at radius 2 is 1.85 bits per heavy atom. The summed E-state index contributed by atoms with van der Waals surface area (Å²) in [5.41, 5.74) is 0.120. The van der Waals surface area contributed by atoms with E-state index in [0.717, 1.165) is 7.11 Å². The van der Waals surface area contributed by atoms with Gasteiger partial charge >= 0.3 is 17.9 Å². The van der Waals surface area contributed by atoms with Gasteiger partial charge in [-0.05, 0) is 6.92 Å². The molecule has 2 aliphatic heterocycles. The molecule has 0 amide bonds. The molecular formula is C15H20O10S. The summed E-state index contributed by atoms with van der Waals surface area (Å²) in [4.78, 5) is 35.3. The lowest BCUT2D eigenvalue weighted by Crippen LogP contribution is -2.55. The van der Waals surface area contributed by atoms with Crippen LogP contribution in [0.15, 0.2) is 12.2 Å². The molecule has 2 rings (SSSR count). The number of carbonyl (C=O) groups is 3. The maximum atomic E-state index is 12.0. The Hall–Kier alpha value is -1.82. The molecular weight excluding hydrogens is 372 g/mol. The molecule has 0 aliphatic carbocycles. The summed E-state index contributed by atoms with van der Waals surface area (Å²) >= 11 is -2.38. The Balaban J connectivity index is 2.12. The first-order chi connectivity index (χ1) is 12.2. The lowest BCUT2D eigenvalue weighted by atomic mass is 9.84. The van der Waals surface area contributed by atoms with E-state index in [2.05, 4.69) is 11.3 Å². The molecule has 11 heteroatoms. The molecule has 2 fully saturated rings. The summed E-state index contributed by atoms with van der Waals surface area (Å²) in [6.45, 7) is 4.15. The van der Waals surface area contributed by atoms with Crippen molar-refractivity contribution in [1.82, 2.24) is 0 Å². The van der Waals surface area contributed by atoms with Crippen LogP contribution in [-0.4, -0.2) is 77.2 Å². The molecule has 7 unspecified atom stereocenters. The standard InChI is InChI=1S/C15H20O10S/c1-6(2)14(17)23-5-7(16)24-11-9-8(15(18)22-4)13(26(19)20)12(25-9)10(11)21-3/h8-13H,1,5H2,2-4H3,(H,19,20). The number of rotatable bonds is 7. The largest absolute Gasteiger partial charge is 0.469 e. The number of carbonyl (C=O) groups excluding carboxylic acids is 3. The molecule has 2 heterocycles. The molecule has 2 saturated heterocycles. The van der Waals surface area contributed by atoms with Crippen molar-refractivity contribution in [3.63, 3.8) is 0 Å². The predicted octanol–water partition coefficient (Wildman–Crippen LogP) is -0.807. The van der Waals surface area contributed by atoms with Crippen LogP contribution in [-0.2, 0) is 49.1 Å². The minimum atomic E-state index is -2.38. The minimum Gasteiger partial charge on any atom is -0.469 e. The Morgan fingerprint density at radius 3 is 2.35 bits per heavy atom. The van der Waals surface area contributed by atoms with Gasteiger partial charge in [0.05, 0.1) is 7.11 Å². The van der Waals surface area contributed by atoms with E-state index in [4.69, 9.17) is 18.9 Å². The number of hydrogen-bond acceptors (Lipinski definition) is 9. The van der Waals surface area contributed by atoms with Crippen LogP contribution in [0.2, 0.25) is 0 Å². The number of esters is 3. The van der Waals surface area contributed by atoms with E-state index >= 15 is 0 Å². The highest BCUT2D eigenvalue weighted by Crippen LogP contribution is 2.44. The third kappa shape index (κ3) is 3.80. The average Bonchev–Trinajstić information content (AvgIpc) is 3.14. The molecule has 7 atom stereocenters. The van der Waals surface area contributed by atoms with E-state index in [1.165, 1.54) is 14.0 Å². The van der Waals surface area contributed by atoms with Crippen LogP contribution < -0.4 is 0 Å². The van der Waals surface area contributed by atoms with Crippen LogP contribution in [0, 0.1) is 5.92 Å². The highest BCUT2D eigenvalue weighted by molar-refractivity contribution is 7.80. The van der Waals surface area contributed by atoms with E-state index in [0.29, 0.717) is 0 Å². The van der Waals surface area contributed by atoms with Crippen LogP contribution in [0.5, 0.6) is 0 Å². The molecule has 2 bridgehead atoms. The van der Waals surface area contributed by atoms with Gasteiger partial charge in [0.15, 0.2) is 23.8 Å². The van der Waals surface area contributed by atoms with E-state index < -0.39 is 71.2 Å². The SMILES string of the molecule is C=C(C)C(=O)OCC(=O)OC1C(OC)C2OC1C(C(=O)OC)C2S(=O)O. The summed E-state index contributed by atoms with van der Waals surface area (Å²) in [5.74, 6) is -3.49. The van der Waals surface area contributed by atoms with Gasteiger partial charge in [-0.1, -0.05) is 6.58 Å². The topological polar surface area (TPSA) is 135 Å². The second kappa shape index (κ2) is 8.25. The van der Waals surface area contributed by atoms with E-state index in [9.17, 15) is 23.1 Å². The third-order valence-electron chi connectivity index (χ3n) is 4.23. The number of methoxy groups -OCH3 is 2. The van der Waals surface area contributed by atoms with Crippen molar-refractivity contribution in [2.24, 2.45) is 5.92 Å². The summed E-state index contributed by atoms with van der Waals surface area (Å²) < 4.78 is 46.6. The molecule has 0 saturated carbocycles. The molecule has 0 radical (unpaired) electrons. The summed E-state index contributed by atoms with van der Waals surface area (Å²) in [6, 6.07) is 0.